The maximum Gasteiger partial charge on any atom is 0.126 e. The van der Waals surface area contributed by atoms with Crippen LogP contribution in [0.15, 0.2) is 72.8 Å². The Kier molecular flexibility index (Phi) is 16.8. The summed E-state index contributed by atoms with van der Waals surface area (Å²) in [5, 5.41) is 38.6. The number of rotatable bonds is 6. The van der Waals surface area contributed by atoms with Crippen LogP contribution in [0.4, 0.5) is 0 Å². The van der Waals surface area contributed by atoms with Gasteiger partial charge in [-0.2, -0.15) is 0 Å². The number of benzene rings is 6. The summed E-state index contributed by atoms with van der Waals surface area (Å²) in [6.45, 7) is 47.7. The van der Waals surface area contributed by atoms with E-state index < -0.39 is 0 Å². The minimum Gasteiger partial charge on any atom is -0.507 e. The fourth-order valence-corrected chi connectivity index (χ4v) is 11.0. The van der Waals surface area contributed by atoms with E-state index in [9.17, 15) is 15.3 Å². The molecule has 0 unspecified atom stereocenters. The quantitative estimate of drug-likeness (QED) is 0.154. The summed E-state index contributed by atoms with van der Waals surface area (Å²) < 4.78 is 20.4. The number of ether oxygens (including phenoxy) is 3. The molecule has 3 N–H and O–H groups in total. The third kappa shape index (κ3) is 13.2. The number of phenols is 3. The second-order valence-electron chi connectivity index (χ2n) is 28.7. The van der Waals surface area contributed by atoms with Gasteiger partial charge in [-0.25, -0.2) is 0 Å². The lowest BCUT2D eigenvalue weighted by Crippen LogP contribution is -2.16. The molecule has 0 spiro atoms. The molecule has 0 amide bonds. The summed E-state index contributed by atoms with van der Waals surface area (Å²) in [5.41, 5.74) is 16.4. The van der Waals surface area contributed by atoms with E-state index in [2.05, 4.69) is 197 Å². The molecule has 7 rings (SSSR count). The van der Waals surface area contributed by atoms with Crippen LogP contribution in [0.2, 0.25) is 0 Å². The molecule has 0 saturated heterocycles. The molecule has 0 saturated carbocycles. The first-order chi connectivity index (χ1) is 36.0. The van der Waals surface area contributed by atoms with Gasteiger partial charge in [0.05, 0.1) is 19.8 Å². The molecule has 0 heterocycles. The highest BCUT2D eigenvalue weighted by Gasteiger charge is 2.30. The molecule has 6 nitrogen and oxygen atoms in total. The molecule has 0 atom stereocenters. The van der Waals surface area contributed by atoms with Gasteiger partial charge in [0, 0.05) is 38.5 Å². The molecule has 12 bridgehead atoms. The molecule has 1 aliphatic rings. The topological polar surface area (TPSA) is 88.4 Å². The molecule has 6 heteroatoms. The molecular weight excluding hydrogens is 961 g/mol. The van der Waals surface area contributed by atoms with E-state index in [0.29, 0.717) is 58.3 Å². The Morgan fingerprint density at radius 2 is 0.385 bits per heavy atom. The number of aromatic hydroxyl groups is 3. The fourth-order valence-electron chi connectivity index (χ4n) is 11.0. The Morgan fingerprint density at radius 3 is 0.500 bits per heavy atom. The van der Waals surface area contributed by atoms with Crippen LogP contribution in [0.3, 0.4) is 0 Å². The smallest absolute Gasteiger partial charge is 0.126 e. The molecule has 420 valence electrons. The highest BCUT2D eigenvalue weighted by Crippen LogP contribution is 2.45. The molecule has 0 aromatic heterocycles. The van der Waals surface area contributed by atoms with Gasteiger partial charge in [0.15, 0.2) is 0 Å². The molecular formula is C72H96O6. The summed E-state index contributed by atoms with van der Waals surface area (Å²) >= 11 is 0. The number of hydrogen-bond donors (Lipinski definition) is 3. The van der Waals surface area contributed by atoms with Gasteiger partial charge in [0.2, 0.25) is 0 Å². The van der Waals surface area contributed by atoms with Crippen molar-refractivity contribution in [1.29, 1.82) is 0 Å². The lowest BCUT2D eigenvalue weighted by atomic mass is 9.79. The summed E-state index contributed by atoms with van der Waals surface area (Å²) in [6, 6.07) is 26.8. The van der Waals surface area contributed by atoms with E-state index in [1.54, 1.807) is 0 Å². The van der Waals surface area contributed by atoms with Crippen molar-refractivity contribution < 1.29 is 29.5 Å². The summed E-state index contributed by atoms with van der Waals surface area (Å²) in [5.74, 6) is 3.14. The van der Waals surface area contributed by atoms with Crippen LogP contribution in [0, 0.1) is 0 Å². The number of phenolic OH excluding ortho intramolecular Hbond substituents is 3. The van der Waals surface area contributed by atoms with Crippen LogP contribution in [0.5, 0.6) is 34.5 Å². The van der Waals surface area contributed by atoms with Gasteiger partial charge in [-0.3, -0.25) is 0 Å². The Labute approximate surface area is 471 Å². The zero-order valence-electron chi connectivity index (χ0n) is 51.9. The maximum atomic E-state index is 12.9. The van der Waals surface area contributed by atoms with Gasteiger partial charge >= 0.3 is 0 Å². The highest BCUT2D eigenvalue weighted by atomic mass is 16.5. The van der Waals surface area contributed by atoms with Crippen molar-refractivity contribution in [3.63, 3.8) is 0 Å². The largest absolute Gasteiger partial charge is 0.507 e. The monoisotopic (exact) mass is 1060 g/mol. The summed E-state index contributed by atoms with van der Waals surface area (Å²) in [7, 11) is 0. The second-order valence-corrected chi connectivity index (χ2v) is 28.7. The normalized spacial score (nSPS) is 14.0. The van der Waals surface area contributed by atoms with Gasteiger partial charge in [-0.05, 0) is 153 Å². The third-order valence-electron chi connectivity index (χ3n) is 15.9. The van der Waals surface area contributed by atoms with E-state index in [1.807, 2.05) is 20.8 Å². The van der Waals surface area contributed by atoms with E-state index in [-0.39, 0.29) is 49.7 Å². The van der Waals surface area contributed by atoms with Gasteiger partial charge < -0.3 is 29.5 Å². The zero-order valence-corrected chi connectivity index (χ0v) is 51.9. The average Bonchev–Trinajstić information content (AvgIpc) is 3.36. The molecule has 6 aromatic carbocycles. The zero-order chi connectivity index (χ0) is 57.8. The van der Waals surface area contributed by atoms with Crippen molar-refractivity contribution in [3.8, 4) is 34.5 Å². The van der Waals surface area contributed by atoms with Crippen LogP contribution < -0.4 is 14.2 Å². The Hall–Kier alpha value is -5.88. The average molecular weight is 1060 g/mol. The van der Waals surface area contributed by atoms with Crippen molar-refractivity contribution in [1.82, 2.24) is 0 Å². The molecule has 6 aromatic rings. The second kappa shape index (κ2) is 22.0. The minimum atomic E-state index is -0.235. The minimum absolute atomic E-state index is 0.222. The van der Waals surface area contributed by atoms with Crippen molar-refractivity contribution in [2.45, 2.75) is 216 Å². The lowest BCUT2D eigenvalue weighted by molar-refractivity contribution is 0.333. The molecule has 1 aliphatic carbocycles. The van der Waals surface area contributed by atoms with Crippen LogP contribution in [-0.4, -0.2) is 35.1 Å². The van der Waals surface area contributed by atoms with Crippen molar-refractivity contribution in [2.75, 3.05) is 19.8 Å². The van der Waals surface area contributed by atoms with Crippen LogP contribution in [0.1, 0.15) is 246 Å². The van der Waals surface area contributed by atoms with Gasteiger partial charge in [-0.1, -0.05) is 197 Å². The predicted molar refractivity (Wildman–Crippen MR) is 326 cm³/mol. The van der Waals surface area contributed by atoms with E-state index in [1.165, 1.54) is 0 Å². The van der Waals surface area contributed by atoms with Gasteiger partial charge in [0.1, 0.15) is 34.5 Å². The summed E-state index contributed by atoms with van der Waals surface area (Å²) in [6.07, 6.45) is 2.57. The molecule has 0 aliphatic heterocycles. The summed E-state index contributed by atoms with van der Waals surface area (Å²) in [4.78, 5) is 0. The van der Waals surface area contributed by atoms with Gasteiger partial charge in [0.25, 0.3) is 0 Å². The first-order valence-corrected chi connectivity index (χ1v) is 28.9. The lowest BCUT2D eigenvalue weighted by Gasteiger charge is -2.28. The SMILES string of the molecule is CCOc1c2cc(C(C)(C)C)cc1Cc1cc(C(C)(C)C)cc(c1O)Cc1cc(C(C)(C)C)cc(c1OCC)Cc1cc(C(C)(C)C)cc(c1O)Cc1cc(C(C)(C)C)cc(c1OCC)Cc1cc(C(C)(C)C)cc(c1O)C2. The predicted octanol–water partition coefficient (Wildman–Crippen LogP) is 17.6. The Morgan fingerprint density at radius 1 is 0.256 bits per heavy atom. The maximum absolute atomic E-state index is 12.9. The van der Waals surface area contributed by atoms with Crippen LogP contribution in [-0.2, 0) is 71.0 Å². The van der Waals surface area contributed by atoms with Crippen LogP contribution >= 0.6 is 0 Å². The van der Waals surface area contributed by atoms with Crippen LogP contribution in [0.25, 0.3) is 0 Å². The number of fused-ring (bicyclic) bond motifs is 12. The molecule has 0 radical (unpaired) electrons. The third-order valence-corrected chi connectivity index (χ3v) is 15.9. The first-order valence-electron chi connectivity index (χ1n) is 28.9. The Bertz CT molecular complexity index is 2690. The van der Waals surface area contributed by atoms with Gasteiger partial charge in [-0.15, -0.1) is 0 Å². The van der Waals surface area contributed by atoms with Crippen molar-refractivity contribution in [2.24, 2.45) is 0 Å². The van der Waals surface area contributed by atoms with E-state index in [4.69, 9.17) is 14.2 Å². The Balaban J connectivity index is 1.64. The first kappa shape index (κ1) is 59.8. The fraction of sp³-hybridized carbons (Fsp3) is 0.500. The molecule has 0 fully saturated rings. The van der Waals surface area contributed by atoms with E-state index in [0.717, 1.165) is 117 Å². The van der Waals surface area contributed by atoms with E-state index >= 15 is 0 Å². The highest BCUT2D eigenvalue weighted by molar-refractivity contribution is 5.61. The number of hydrogen-bond acceptors (Lipinski definition) is 6. The van der Waals surface area contributed by atoms with Crippen molar-refractivity contribution >= 4 is 0 Å². The standard InChI is InChI=1S/C72H96O6/c1-22-76-64-49-25-43-31-55(67(4,5)6)33-45(61(43)73)27-51-39-59(71(16,17)18)41-53(65(51)77-23-2)29-47-35-57(69(10,11)12)36-48(63(47)75)30-54-42-60(72(19,20)21)40-52(66(54)78-24-3)28-46-34-56(68(7,8)9)32-44(62(46)74)26-50(64)38-58(37-49)70(13,14)15/h31-42,73-75H,22-30H2,1-21H3. The molecule has 78 heavy (non-hydrogen) atoms. The van der Waals surface area contributed by atoms with Crippen molar-refractivity contribution in [3.05, 3.63) is 173 Å².